The summed E-state index contributed by atoms with van der Waals surface area (Å²) in [5, 5.41) is 3.30. The average Bonchev–Trinajstić information content (AvgIpc) is 2.87. The van der Waals surface area contributed by atoms with Crippen LogP contribution in [0.5, 0.6) is 5.88 Å². The van der Waals surface area contributed by atoms with E-state index in [1.165, 1.54) is 6.42 Å². The fraction of sp³-hybridized carbons (Fsp3) is 0.615. The van der Waals surface area contributed by atoms with E-state index in [1.807, 2.05) is 19.1 Å². The minimum absolute atomic E-state index is 0.506. The highest BCUT2D eigenvalue weighted by Gasteiger charge is 2.14. The number of hydrogen-bond acceptors (Lipinski definition) is 5. The molecule has 1 aromatic rings. The molecule has 2 heterocycles. The van der Waals surface area contributed by atoms with Gasteiger partial charge in [0.15, 0.2) is 0 Å². The van der Waals surface area contributed by atoms with E-state index in [4.69, 9.17) is 15.2 Å². The maximum absolute atomic E-state index is 5.77. The summed E-state index contributed by atoms with van der Waals surface area (Å²) in [6, 6.07) is 3.70. The van der Waals surface area contributed by atoms with Gasteiger partial charge >= 0.3 is 0 Å². The molecule has 1 saturated heterocycles. The van der Waals surface area contributed by atoms with Crippen molar-refractivity contribution in [2.45, 2.75) is 19.8 Å². The third kappa shape index (κ3) is 3.50. The highest BCUT2D eigenvalue weighted by atomic mass is 16.5. The van der Waals surface area contributed by atoms with Crippen LogP contribution in [0.3, 0.4) is 0 Å². The van der Waals surface area contributed by atoms with E-state index in [0.717, 1.165) is 32.0 Å². The lowest BCUT2D eigenvalue weighted by Gasteiger charge is -2.11. The second kappa shape index (κ2) is 6.44. The second-order valence-electron chi connectivity index (χ2n) is 4.47. The van der Waals surface area contributed by atoms with Crippen LogP contribution in [0, 0.1) is 5.92 Å². The number of ether oxygens (including phenoxy) is 2. The number of nitrogens with two attached hydrogens (primary N) is 1. The van der Waals surface area contributed by atoms with E-state index in [9.17, 15) is 0 Å². The quantitative estimate of drug-likeness (QED) is 0.808. The number of aromatic nitrogens is 1. The van der Waals surface area contributed by atoms with Gasteiger partial charge in [-0.25, -0.2) is 0 Å². The van der Waals surface area contributed by atoms with E-state index in [1.54, 1.807) is 0 Å². The van der Waals surface area contributed by atoms with Crippen LogP contribution in [0.4, 0.5) is 11.5 Å². The zero-order valence-corrected chi connectivity index (χ0v) is 10.8. The molecule has 1 aliphatic heterocycles. The summed E-state index contributed by atoms with van der Waals surface area (Å²) in [6.45, 7) is 5.18. The summed E-state index contributed by atoms with van der Waals surface area (Å²) >= 11 is 0. The first-order valence-electron chi connectivity index (χ1n) is 6.50. The minimum atomic E-state index is 0.506. The number of nitrogen functional groups attached to an aromatic ring is 1. The lowest BCUT2D eigenvalue weighted by molar-refractivity contribution is 0.185. The van der Waals surface area contributed by atoms with Crippen molar-refractivity contribution in [3.05, 3.63) is 12.1 Å². The number of anilines is 2. The molecule has 100 valence electrons. The molecule has 1 unspecified atom stereocenters. The van der Waals surface area contributed by atoms with Crippen LogP contribution >= 0.6 is 0 Å². The zero-order chi connectivity index (χ0) is 12.8. The van der Waals surface area contributed by atoms with E-state index in [0.29, 0.717) is 24.1 Å². The van der Waals surface area contributed by atoms with Gasteiger partial charge in [-0.05, 0) is 37.8 Å². The van der Waals surface area contributed by atoms with Gasteiger partial charge < -0.3 is 20.5 Å². The summed E-state index contributed by atoms with van der Waals surface area (Å²) in [7, 11) is 0. The monoisotopic (exact) mass is 251 g/mol. The lowest BCUT2D eigenvalue weighted by atomic mass is 10.1. The molecule has 1 atom stereocenters. The van der Waals surface area contributed by atoms with Crippen molar-refractivity contribution in [2.75, 3.05) is 37.4 Å². The Balaban J connectivity index is 1.82. The Labute approximate surface area is 108 Å². The Morgan fingerprint density at radius 2 is 2.44 bits per heavy atom. The zero-order valence-electron chi connectivity index (χ0n) is 10.8. The maximum Gasteiger partial charge on any atom is 0.239 e. The van der Waals surface area contributed by atoms with E-state index >= 15 is 0 Å². The number of hydrogen-bond donors (Lipinski definition) is 2. The van der Waals surface area contributed by atoms with E-state index in [2.05, 4.69) is 10.3 Å². The van der Waals surface area contributed by atoms with Crippen LogP contribution in [0.25, 0.3) is 0 Å². The predicted molar refractivity (Wildman–Crippen MR) is 71.9 cm³/mol. The molecule has 1 aromatic heterocycles. The molecule has 0 amide bonds. The normalized spacial score (nSPS) is 18.8. The van der Waals surface area contributed by atoms with Crippen LogP contribution in [0.2, 0.25) is 0 Å². The molecule has 0 aliphatic carbocycles. The first-order chi connectivity index (χ1) is 8.79. The molecule has 0 bridgehead atoms. The van der Waals surface area contributed by atoms with Gasteiger partial charge in [-0.1, -0.05) is 0 Å². The minimum Gasteiger partial charge on any atom is -0.476 e. The molecule has 3 N–H and O–H groups in total. The average molecular weight is 251 g/mol. The standard InChI is InChI=1S/C13H21N3O2/c1-2-18-13-11(14)3-4-12(16-13)15-7-5-10-6-8-17-9-10/h3-4,10H,2,5-9,14H2,1H3,(H,15,16). The molecule has 0 saturated carbocycles. The van der Waals surface area contributed by atoms with Gasteiger partial charge in [0.25, 0.3) is 0 Å². The van der Waals surface area contributed by atoms with E-state index in [-0.39, 0.29) is 0 Å². The number of rotatable bonds is 6. The third-order valence-corrected chi connectivity index (χ3v) is 3.05. The molecule has 0 radical (unpaired) electrons. The number of nitrogens with one attached hydrogen (secondary N) is 1. The van der Waals surface area contributed by atoms with Crippen LogP contribution in [-0.4, -0.2) is 31.3 Å². The molecule has 1 fully saturated rings. The molecule has 5 nitrogen and oxygen atoms in total. The number of nitrogens with zero attached hydrogens (tertiary/aromatic N) is 1. The maximum atomic E-state index is 5.77. The first kappa shape index (κ1) is 13.0. The van der Waals surface area contributed by atoms with Crippen molar-refractivity contribution >= 4 is 11.5 Å². The topological polar surface area (TPSA) is 69.4 Å². The summed E-state index contributed by atoms with van der Waals surface area (Å²) in [5.74, 6) is 2.00. The summed E-state index contributed by atoms with van der Waals surface area (Å²) in [6.07, 6.45) is 2.27. The van der Waals surface area contributed by atoms with Crippen molar-refractivity contribution in [3.63, 3.8) is 0 Å². The Morgan fingerprint density at radius 1 is 1.56 bits per heavy atom. The Bertz CT molecular complexity index is 378. The van der Waals surface area contributed by atoms with Gasteiger partial charge in [-0.15, -0.1) is 0 Å². The third-order valence-electron chi connectivity index (χ3n) is 3.05. The SMILES string of the molecule is CCOc1nc(NCCC2CCOC2)ccc1N. The fourth-order valence-electron chi connectivity index (χ4n) is 2.02. The molecule has 0 spiro atoms. The van der Waals surface area contributed by atoms with Crippen LogP contribution in [-0.2, 0) is 4.74 Å². The van der Waals surface area contributed by atoms with Gasteiger partial charge in [0.1, 0.15) is 5.82 Å². The Hall–Kier alpha value is -1.49. The summed E-state index contributed by atoms with van der Waals surface area (Å²) in [5.41, 5.74) is 6.35. The molecular formula is C13H21N3O2. The van der Waals surface area contributed by atoms with Gasteiger partial charge in [0, 0.05) is 19.8 Å². The molecule has 5 heteroatoms. The number of pyridine rings is 1. The molecule has 1 aliphatic rings. The summed E-state index contributed by atoms with van der Waals surface area (Å²) < 4.78 is 10.7. The first-order valence-corrected chi connectivity index (χ1v) is 6.50. The second-order valence-corrected chi connectivity index (χ2v) is 4.47. The van der Waals surface area contributed by atoms with Crippen molar-refractivity contribution in [3.8, 4) is 5.88 Å². The Morgan fingerprint density at radius 3 is 3.17 bits per heavy atom. The largest absolute Gasteiger partial charge is 0.476 e. The molecular weight excluding hydrogens is 230 g/mol. The van der Waals surface area contributed by atoms with Crippen molar-refractivity contribution < 1.29 is 9.47 Å². The Kier molecular flexibility index (Phi) is 4.64. The highest BCUT2D eigenvalue weighted by Crippen LogP contribution is 2.21. The van der Waals surface area contributed by atoms with Crippen molar-refractivity contribution in [2.24, 2.45) is 5.92 Å². The smallest absolute Gasteiger partial charge is 0.239 e. The van der Waals surface area contributed by atoms with Gasteiger partial charge in [0.2, 0.25) is 5.88 Å². The van der Waals surface area contributed by atoms with Crippen molar-refractivity contribution in [1.82, 2.24) is 4.98 Å². The van der Waals surface area contributed by atoms with Gasteiger partial charge in [-0.2, -0.15) is 4.98 Å². The lowest BCUT2D eigenvalue weighted by Crippen LogP contribution is -2.10. The van der Waals surface area contributed by atoms with Crippen LogP contribution in [0.15, 0.2) is 12.1 Å². The van der Waals surface area contributed by atoms with Crippen molar-refractivity contribution in [1.29, 1.82) is 0 Å². The van der Waals surface area contributed by atoms with Crippen LogP contribution in [0.1, 0.15) is 19.8 Å². The van der Waals surface area contributed by atoms with Gasteiger partial charge in [-0.3, -0.25) is 0 Å². The fourth-order valence-corrected chi connectivity index (χ4v) is 2.02. The predicted octanol–water partition coefficient (Wildman–Crippen LogP) is 1.90. The van der Waals surface area contributed by atoms with E-state index < -0.39 is 0 Å². The molecule has 2 rings (SSSR count). The molecule has 18 heavy (non-hydrogen) atoms. The molecule has 0 aromatic carbocycles. The van der Waals surface area contributed by atoms with Gasteiger partial charge in [0.05, 0.1) is 12.3 Å². The van der Waals surface area contributed by atoms with Crippen LogP contribution < -0.4 is 15.8 Å². The summed E-state index contributed by atoms with van der Waals surface area (Å²) in [4.78, 5) is 4.34. The highest BCUT2D eigenvalue weighted by molar-refractivity contribution is 5.53.